The van der Waals surface area contributed by atoms with E-state index in [9.17, 15) is 14.4 Å². The van der Waals surface area contributed by atoms with Crippen molar-refractivity contribution in [1.29, 1.82) is 0 Å². The van der Waals surface area contributed by atoms with Gasteiger partial charge in [0.15, 0.2) is 0 Å². The summed E-state index contributed by atoms with van der Waals surface area (Å²) in [7, 11) is 1.58. The predicted molar refractivity (Wildman–Crippen MR) is 113 cm³/mol. The maximum absolute atomic E-state index is 13.1. The number of pyridine rings is 1. The fourth-order valence-electron chi connectivity index (χ4n) is 3.63. The Bertz CT molecular complexity index is 1180. The SMILES string of the molecule is Cc1oc2ncn(C)c(=O)c2c1C(=O)N1CCC(C(=O)Nc2ccc(Br)cn2)CC1. The van der Waals surface area contributed by atoms with Gasteiger partial charge in [-0.15, -0.1) is 0 Å². The summed E-state index contributed by atoms with van der Waals surface area (Å²) in [6.07, 6.45) is 4.04. The number of halogens is 1. The van der Waals surface area contributed by atoms with E-state index in [0.29, 0.717) is 37.5 Å². The molecule has 1 aliphatic rings. The first-order valence-corrected chi connectivity index (χ1v) is 10.3. The van der Waals surface area contributed by atoms with Crippen molar-refractivity contribution >= 4 is 44.7 Å². The molecule has 0 aromatic carbocycles. The summed E-state index contributed by atoms with van der Waals surface area (Å²) >= 11 is 3.31. The number of nitrogens with one attached hydrogen (secondary N) is 1. The predicted octanol–water partition coefficient (Wildman–Crippen LogP) is 2.48. The van der Waals surface area contributed by atoms with Crippen molar-refractivity contribution < 1.29 is 14.0 Å². The molecule has 0 spiro atoms. The van der Waals surface area contributed by atoms with E-state index >= 15 is 0 Å². The summed E-state index contributed by atoms with van der Waals surface area (Å²) in [5.74, 6) is 0.262. The van der Waals surface area contributed by atoms with E-state index in [4.69, 9.17) is 4.42 Å². The molecule has 10 heteroatoms. The van der Waals surface area contributed by atoms with Crippen molar-refractivity contribution in [1.82, 2.24) is 19.4 Å². The molecular weight excluding hydrogens is 454 g/mol. The largest absolute Gasteiger partial charge is 0.442 e. The molecule has 156 valence electrons. The molecule has 0 saturated carbocycles. The lowest BCUT2D eigenvalue weighted by atomic mass is 9.95. The molecule has 1 fully saturated rings. The van der Waals surface area contributed by atoms with Crippen LogP contribution in [0.4, 0.5) is 5.82 Å². The number of carbonyl (C=O) groups excluding carboxylic acids is 2. The number of rotatable bonds is 3. The minimum atomic E-state index is -0.323. The Kier molecular flexibility index (Phi) is 5.42. The number of aromatic nitrogens is 3. The smallest absolute Gasteiger partial charge is 0.265 e. The van der Waals surface area contributed by atoms with Gasteiger partial charge in [-0.3, -0.25) is 14.4 Å². The molecule has 9 nitrogen and oxygen atoms in total. The number of amides is 2. The van der Waals surface area contributed by atoms with Crippen molar-refractivity contribution in [3.63, 3.8) is 0 Å². The highest BCUT2D eigenvalue weighted by molar-refractivity contribution is 9.10. The highest BCUT2D eigenvalue weighted by Gasteiger charge is 2.31. The normalized spacial score (nSPS) is 14.8. The monoisotopic (exact) mass is 473 g/mol. The number of fused-ring (bicyclic) bond motifs is 1. The second-order valence-electron chi connectivity index (χ2n) is 7.29. The number of hydrogen-bond acceptors (Lipinski definition) is 6. The Morgan fingerprint density at radius 3 is 2.63 bits per heavy atom. The summed E-state index contributed by atoms with van der Waals surface area (Å²) < 4.78 is 7.69. The van der Waals surface area contributed by atoms with Gasteiger partial charge in [0, 0.05) is 36.7 Å². The van der Waals surface area contributed by atoms with Crippen LogP contribution in [-0.4, -0.2) is 44.3 Å². The number of nitrogens with zero attached hydrogens (tertiary/aromatic N) is 4. The van der Waals surface area contributed by atoms with E-state index in [0.717, 1.165) is 4.47 Å². The average molecular weight is 474 g/mol. The molecule has 1 saturated heterocycles. The molecule has 3 aromatic heterocycles. The zero-order valence-corrected chi connectivity index (χ0v) is 18.1. The zero-order chi connectivity index (χ0) is 21.4. The van der Waals surface area contributed by atoms with E-state index in [1.54, 1.807) is 37.2 Å². The average Bonchev–Trinajstić information content (AvgIpc) is 3.08. The quantitative estimate of drug-likeness (QED) is 0.625. The Hall–Kier alpha value is -3.01. The van der Waals surface area contributed by atoms with Crippen molar-refractivity contribution in [2.75, 3.05) is 18.4 Å². The van der Waals surface area contributed by atoms with Crippen LogP contribution < -0.4 is 10.9 Å². The first-order valence-electron chi connectivity index (χ1n) is 9.51. The number of likely N-dealkylation sites (tertiary alicyclic amines) is 1. The third-order valence-electron chi connectivity index (χ3n) is 5.29. The van der Waals surface area contributed by atoms with Gasteiger partial charge in [-0.2, -0.15) is 0 Å². The van der Waals surface area contributed by atoms with Gasteiger partial charge in [0.2, 0.25) is 11.6 Å². The molecule has 0 aliphatic carbocycles. The lowest BCUT2D eigenvalue weighted by Gasteiger charge is -2.31. The van der Waals surface area contributed by atoms with Gasteiger partial charge in [0.25, 0.3) is 11.5 Å². The number of anilines is 1. The standard InChI is InChI=1S/C20H20BrN5O4/c1-11-15(16-18(30-11)23-10-25(2)19(16)28)20(29)26-7-5-12(6-8-26)17(27)24-14-4-3-13(21)9-22-14/h3-4,9-10,12H,5-8H2,1-2H3,(H,22,24,27). The molecule has 2 amide bonds. The fraction of sp³-hybridized carbons (Fsp3) is 0.350. The lowest BCUT2D eigenvalue weighted by Crippen LogP contribution is -2.42. The van der Waals surface area contributed by atoms with Crippen LogP contribution in [-0.2, 0) is 11.8 Å². The van der Waals surface area contributed by atoms with Crippen LogP contribution in [0.2, 0.25) is 0 Å². The van der Waals surface area contributed by atoms with Crippen LogP contribution >= 0.6 is 15.9 Å². The van der Waals surface area contributed by atoms with Gasteiger partial charge in [0.05, 0.1) is 5.56 Å². The Labute approximate surface area is 180 Å². The minimum absolute atomic E-state index is 0.111. The Morgan fingerprint density at radius 1 is 1.23 bits per heavy atom. The topological polar surface area (TPSA) is 110 Å². The molecule has 0 radical (unpaired) electrons. The molecular formula is C20H20BrN5O4. The van der Waals surface area contributed by atoms with Crippen LogP contribution in [0.3, 0.4) is 0 Å². The molecule has 0 atom stereocenters. The Balaban J connectivity index is 1.46. The molecule has 4 rings (SSSR count). The van der Waals surface area contributed by atoms with E-state index in [2.05, 4.69) is 31.2 Å². The van der Waals surface area contributed by atoms with Crippen LogP contribution in [0.15, 0.2) is 38.3 Å². The molecule has 3 aromatic rings. The summed E-state index contributed by atoms with van der Waals surface area (Å²) in [5.41, 5.74) is 0.0901. The van der Waals surface area contributed by atoms with Crippen molar-refractivity contribution in [3.05, 3.63) is 50.8 Å². The molecule has 4 heterocycles. The maximum Gasteiger partial charge on any atom is 0.265 e. The van der Waals surface area contributed by atoms with E-state index in [1.807, 2.05) is 0 Å². The van der Waals surface area contributed by atoms with Crippen molar-refractivity contribution in [2.45, 2.75) is 19.8 Å². The van der Waals surface area contributed by atoms with Crippen molar-refractivity contribution in [2.24, 2.45) is 13.0 Å². The van der Waals surface area contributed by atoms with Gasteiger partial charge >= 0.3 is 0 Å². The second-order valence-corrected chi connectivity index (χ2v) is 8.21. The fourth-order valence-corrected chi connectivity index (χ4v) is 3.86. The van der Waals surface area contributed by atoms with Crippen LogP contribution in [0.5, 0.6) is 0 Å². The maximum atomic E-state index is 13.1. The first-order chi connectivity index (χ1) is 14.3. The number of aryl methyl sites for hydroxylation is 2. The number of carbonyl (C=O) groups is 2. The summed E-state index contributed by atoms with van der Waals surface area (Å²) in [4.78, 5) is 48.1. The van der Waals surface area contributed by atoms with Gasteiger partial charge in [-0.05, 0) is 47.8 Å². The summed E-state index contributed by atoms with van der Waals surface area (Å²) in [5, 5.41) is 3.01. The number of piperidine rings is 1. The number of furan rings is 1. The van der Waals surface area contributed by atoms with E-state index in [-0.39, 0.29) is 40.0 Å². The van der Waals surface area contributed by atoms with Gasteiger partial charge in [0.1, 0.15) is 23.3 Å². The van der Waals surface area contributed by atoms with Crippen LogP contribution in [0, 0.1) is 12.8 Å². The Morgan fingerprint density at radius 2 is 1.97 bits per heavy atom. The highest BCUT2D eigenvalue weighted by Crippen LogP contribution is 2.26. The van der Waals surface area contributed by atoms with Gasteiger partial charge < -0.3 is 19.2 Å². The summed E-state index contributed by atoms with van der Waals surface area (Å²) in [6, 6.07) is 3.53. The number of hydrogen-bond donors (Lipinski definition) is 1. The molecule has 0 unspecified atom stereocenters. The molecule has 0 bridgehead atoms. The van der Waals surface area contributed by atoms with E-state index < -0.39 is 0 Å². The molecule has 30 heavy (non-hydrogen) atoms. The highest BCUT2D eigenvalue weighted by atomic mass is 79.9. The van der Waals surface area contributed by atoms with Gasteiger partial charge in [-0.1, -0.05) is 0 Å². The third-order valence-corrected chi connectivity index (χ3v) is 5.76. The molecule has 1 N–H and O–H groups in total. The molecule has 1 aliphatic heterocycles. The summed E-state index contributed by atoms with van der Waals surface area (Å²) in [6.45, 7) is 2.48. The minimum Gasteiger partial charge on any atom is -0.442 e. The van der Waals surface area contributed by atoms with Crippen molar-refractivity contribution in [3.8, 4) is 0 Å². The lowest BCUT2D eigenvalue weighted by molar-refractivity contribution is -0.121. The zero-order valence-electron chi connectivity index (χ0n) is 16.5. The van der Waals surface area contributed by atoms with Gasteiger partial charge in [-0.25, -0.2) is 9.97 Å². The van der Waals surface area contributed by atoms with E-state index in [1.165, 1.54) is 10.9 Å². The van der Waals surface area contributed by atoms with Crippen LogP contribution in [0.25, 0.3) is 11.1 Å². The van der Waals surface area contributed by atoms with Crippen LogP contribution in [0.1, 0.15) is 29.0 Å². The first kappa shape index (κ1) is 20.3. The third kappa shape index (κ3) is 3.74. The second kappa shape index (κ2) is 8.02.